The Morgan fingerprint density at radius 1 is 1.14 bits per heavy atom. The van der Waals surface area contributed by atoms with Crippen molar-refractivity contribution in [2.75, 3.05) is 13.7 Å². The molecule has 0 saturated heterocycles. The van der Waals surface area contributed by atoms with Gasteiger partial charge in [0.1, 0.15) is 5.75 Å². The lowest BCUT2D eigenvalue weighted by Gasteiger charge is -2.12. The number of methoxy groups -OCH3 is 1. The van der Waals surface area contributed by atoms with Gasteiger partial charge in [-0.25, -0.2) is 9.59 Å². The molecule has 0 N–H and O–H groups in total. The minimum atomic E-state index is -0.501. The summed E-state index contributed by atoms with van der Waals surface area (Å²) in [5.41, 5.74) is 1.14. The molecule has 10 nitrogen and oxygen atoms in total. The predicted molar refractivity (Wildman–Crippen MR) is 105 cm³/mol. The van der Waals surface area contributed by atoms with Gasteiger partial charge in [0.25, 0.3) is 5.56 Å². The van der Waals surface area contributed by atoms with E-state index in [1.165, 1.54) is 18.7 Å². The van der Waals surface area contributed by atoms with Gasteiger partial charge in [-0.3, -0.25) is 22.9 Å². The summed E-state index contributed by atoms with van der Waals surface area (Å²) in [6, 6.07) is 7.16. The van der Waals surface area contributed by atoms with E-state index in [9.17, 15) is 14.4 Å². The van der Waals surface area contributed by atoms with Crippen LogP contribution in [0.2, 0.25) is 0 Å². The third-order valence-corrected chi connectivity index (χ3v) is 4.82. The highest BCUT2D eigenvalue weighted by atomic mass is 16.6. The average Bonchev–Trinajstić information content (AvgIpc) is 3.23. The maximum Gasteiger partial charge on any atom is 0.343 e. The van der Waals surface area contributed by atoms with Gasteiger partial charge in [0.05, 0.1) is 12.8 Å². The fourth-order valence-corrected chi connectivity index (χ4v) is 3.34. The Morgan fingerprint density at radius 3 is 2.59 bits per heavy atom. The molecular weight excluding hydrogens is 378 g/mol. The third-order valence-electron chi connectivity index (χ3n) is 4.82. The summed E-state index contributed by atoms with van der Waals surface area (Å²) in [7, 11) is 4.29. The lowest BCUT2D eigenvalue weighted by molar-refractivity contribution is -0.142. The van der Waals surface area contributed by atoms with Crippen molar-refractivity contribution in [3.63, 3.8) is 0 Å². The molecule has 0 amide bonds. The Morgan fingerprint density at radius 2 is 1.86 bits per heavy atom. The number of benzene rings is 1. The van der Waals surface area contributed by atoms with Gasteiger partial charge in [-0.05, 0) is 19.1 Å². The number of aromatic nitrogens is 5. The van der Waals surface area contributed by atoms with E-state index in [4.69, 9.17) is 4.74 Å². The highest BCUT2D eigenvalue weighted by Gasteiger charge is 2.21. The van der Waals surface area contributed by atoms with Crippen molar-refractivity contribution in [2.24, 2.45) is 14.1 Å². The molecule has 3 aromatic heterocycles. The maximum absolute atomic E-state index is 12.7. The van der Waals surface area contributed by atoms with Gasteiger partial charge < -0.3 is 9.47 Å². The molecule has 0 aliphatic carbocycles. The van der Waals surface area contributed by atoms with E-state index >= 15 is 0 Å². The summed E-state index contributed by atoms with van der Waals surface area (Å²) in [4.78, 5) is 41.0. The second kappa shape index (κ2) is 6.66. The van der Waals surface area contributed by atoms with Crippen molar-refractivity contribution in [2.45, 2.75) is 6.92 Å². The van der Waals surface area contributed by atoms with Gasteiger partial charge in [-0.2, -0.15) is 4.98 Å². The molecule has 3 heterocycles. The molecule has 0 saturated carbocycles. The van der Waals surface area contributed by atoms with Crippen LogP contribution in [-0.2, 0) is 23.6 Å². The number of esters is 1. The molecule has 0 spiro atoms. The molecule has 0 aliphatic rings. The van der Waals surface area contributed by atoms with Gasteiger partial charge in [-0.15, -0.1) is 0 Å². The number of hydrogen-bond acceptors (Lipinski definition) is 6. The normalized spacial score (nSPS) is 11.3. The Bertz CT molecular complexity index is 1390. The molecule has 0 bridgehead atoms. The Balaban J connectivity index is 1.99. The average molecular weight is 397 g/mol. The molecule has 1 aromatic carbocycles. The number of imidazole rings is 2. The second-order valence-electron chi connectivity index (χ2n) is 6.60. The van der Waals surface area contributed by atoms with E-state index in [1.807, 2.05) is 19.1 Å². The summed E-state index contributed by atoms with van der Waals surface area (Å²) < 4.78 is 16.1. The number of ether oxygens (including phenoxy) is 2. The van der Waals surface area contributed by atoms with Gasteiger partial charge in [0.2, 0.25) is 5.78 Å². The summed E-state index contributed by atoms with van der Waals surface area (Å²) in [6.07, 6.45) is 1.77. The minimum absolute atomic E-state index is 0.241. The predicted octanol–water partition coefficient (Wildman–Crippen LogP) is 0.536. The van der Waals surface area contributed by atoms with Crippen molar-refractivity contribution >= 4 is 22.9 Å². The number of carbonyl (C=O) groups excluding carboxylic acids is 1. The monoisotopic (exact) mass is 397 g/mol. The Kier molecular flexibility index (Phi) is 4.26. The van der Waals surface area contributed by atoms with Crippen LogP contribution in [0.4, 0.5) is 0 Å². The number of fused-ring (bicyclic) bond motifs is 3. The molecule has 0 radical (unpaired) electrons. The largest absolute Gasteiger partial charge is 0.480 e. The van der Waals surface area contributed by atoms with Crippen LogP contribution in [-0.4, -0.2) is 42.8 Å². The van der Waals surface area contributed by atoms with E-state index < -0.39 is 17.2 Å². The first-order valence-corrected chi connectivity index (χ1v) is 8.80. The molecule has 0 unspecified atom stereocenters. The van der Waals surface area contributed by atoms with Crippen LogP contribution >= 0.6 is 0 Å². The topological polar surface area (TPSA) is 102 Å². The van der Waals surface area contributed by atoms with Crippen LogP contribution < -0.4 is 16.0 Å². The van der Waals surface area contributed by atoms with Crippen molar-refractivity contribution in [1.29, 1.82) is 0 Å². The number of para-hydroxylation sites is 2. The van der Waals surface area contributed by atoms with Crippen LogP contribution in [0, 0.1) is 6.92 Å². The van der Waals surface area contributed by atoms with E-state index in [1.54, 1.807) is 34.3 Å². The lowest BCUT2D eigenvalue weighted by atomic mass is 10.3. The molecule has 4 rings (SSSR count). The van der Waals surface area contributed by atoms with E-state index in [0.717, 1.165) is 10.3 Å². The van der Waals surface area contributed by atoms with Crippen LogP contribution in [0.3, 0.4) is 0 Å². The highest BCUT2D eigenvalue weighted by Crippen LogP contribution is 2.27. The van der Waals surface area contributed by atoms with E-state index in [0.29, 0.717) is 22.7 Å². The SMILES string of the molecule is COC(=O)COc1ccccc1-n1c(C)cn2c3c(=O)n(C)c(=O)n(C)c3nc12. The third kappa shape index (κ3) is 2.72. The van der Waals surface area contributed by atoms with Crippen LogP contribution in [0.5, 0.6) is 5.75 Å². The number of carbonyl (C=O) groups is 1. The number of hydrogen-bond donors (Lipinski definition) is 0. The van der Waals surface area contributed by atoms with Crippen molar-refractivity contribution in [1.82, 2.24) is 23.1 Å². The van der Waals surface area contributed by atoms with Crippen LogP contribution in [0.15, 0.2) is 40.1 Å². The lowest BCUT2D eigenvalue weighted by Crippen LogP contribution is -2.37. The molecule has 4 aromatic rings. The van der Waals surface area contributed by atoms with Gasteiger partial charge >= 0.3 is 11.7 Å². The maximum atomic E-state index is 12.7. The molecule has 0 aliphatic heterocycles. The first kappa shape index (κ1) is 18.5. The fourth-order valence-electron chi connectivity index (χ4n) is 3.34. The van der Waals surface area contributed by atoms with E-state index in [-0.39, 0.29) is 12.3 Å². The quantitative estimate of drug-likeness (QED) is 0.466. The highest BCUT2D eigenvalue weighted by molar-refractivity contribution is 5.77. The summed E-state index contributed by atoms with van der Waals surface area (Å²) in [6.45, 7) is 1.62. The molecular formula is C19H19N5O5. The molecule has 0 fully saturated rings. The molecule has 10 heteroatoms. The van der Waals surface area contributed by atoms with Crippen LogP contribution in [0.1, 0.15) is 5.69 Å². The van der Waals surface area contributed by atoms with E-state index in [2.05, 4.69) is 9.72 Å². The number of nitrogens with zero attached hydrogens (tertiary/aromatic N) is 5. The zero-order valence-corrected chi connectivity index (χ0v) is 16.4. The number of rotatable bonds is 4. The van der Waals surface area contributed by atoms with Gasteiger partial charge in [-0.1, -0.05) is 12.1 Å². The first-order chi connectivity index (χ1) is 13.8. The first-order valence-electron chi connectivity index (χ1n) is 8.80. The molecule has 29 heavy (non-hydrogen) atoms. The molecule has 0 atom stereocenters. The smallest absolute Gasteiger partial charge is 0.343 e. The second-order valence-corrected chi connectivity index (χ2v) is 6.60. The summed E-state index contributed by atoms with van der Waals surface area (Å²) in [5, 5.41) is 0. The van der Waals surface area contributed by atoms with Crippen molar-refractivity contribution in [3.8, 4) is 11.4 Å². The van der Waals surface area contributed by atoms with Gasteiger partial charge in [0.15, 0.2) is 17.8 Å². The summed E-state index contributed by atoms with van der Waals surface area (Å²) >= 11 is 0. The number of aryl methyl sites for hydroxylation is 2. The standard InChI is InChI=1S/C19H19N5O5/c1-11-9-23-15-16(21(2)19(27)22(3)17(15)26)20-18(23)24(11)12-7-5-6-8-13(12)29-10-14(25)28-4/h5-9H,10H2,1-4H3. The van der Waals surface area contributed by atoms with Crippen molar-refractivity contribution in [3.05, 3.63) is 57.0 Å². The minimum Gasteiger partial charge on any atom is -0.480 e. The Labute approximate surface area is 164 Å². The van der Waals surface area contributed by atoms with Crippen molar-refractivity contribution < 1.29 is 14.3 Å². The zero-order valence-electron chi connectivity index (χ0n) is 16.4. The van der Waals surface area contributed by atoms with Gasteiger partial charge in [0, 0.05) is 26.0 Å². The Hall–Kier alpha value is -3.82. The summed E-state index contributed by atoms with van der Waals surface area (Å²) in [5.74, 6) is 0.400. The fraction of sp³-hybridized carbons (Fsp3) is 0.263. The zero-order chi connectivity index (χ0) is 20.9. The van der Waals surface area contributed by atoms with Crippen LogP contribution in [0.25, 0.3) is 22.6 Å². The molecule has 150 valence electrons.